The van der Waals surface area contributed by atoms with E-state index in [2.05, 4.69) is 0 Å². The van der Waals surface area contributed by atoms with Crippen LogP contribution in [0.1, 0.15) is 20.3 Å². The van der Waals surface area contributed by atoms with Gasteiger partial charge < -0.3 is 9.64 Å². The molecule has 0 spiro atoms. The van der Waals surface area contributed by atoms with Crippen molar-refractivity contribution >= 4 is 11.8 Å². The quantitative estimate of drug-likeness (QED) is 0.751. The van der Waals surface area contributed by atoms with Gasteiger partial charge in [0.2, 0.25) is 0 Å². The number of likely N-dealkylation sites (N-methyl/N-ethyl adjacent to an activating group) is 1. The van der Waals surface area contributed by atoms with Crippen LogP contribution in [0.25, 0.3) is 0 Å². The van der Waals surface area contributed by atoms with Crippen molar-refractivity contribution in [3.05, 3.63) is 58.9 Å². The Balaban J connectivity index is 2.27. The average molecular weight is 297 g/mol. The Labute approximate surface area is 130 Å². The molecule has 0 saturated carbocycles. The van der Waals surface area contributed by atoms with Gasteiger partial charge in [0.15, 0.2) is 5.78 Å². The Morgan fingerprint density at radius 1 is 1.18 bits per heavy atom. The van der Waals surface area contributed by atoms with Crippen LogP contribution in [0, 0.1) is 0 Å². The van der Waals surface area contributed by atoms with Gasteiger partial charge in [0.05, 0.1) is 0 Å². The van der Waals surface area contributed by atoms with E-state index in [1.54, 1.807) is 0 Å². The van der Waals surface area contributed by atoms with Crippen LogP contribution in [-0.4, -0.2) is 35.8 Å². The van der Waals surface area contributed by atoms with E-state index < -0.39 is 6.10 Å². The van der Waals surface area contributed by atoms with Crippen molar-refractivity contribution in [2.24, 2.45) is 0 Å². The summed E-state index contributed by atoms with van der Waals surface area (Å²) in [5.74, 6) is -0.323. The van der Waals surface area contributed by atoms with Crippen molar-refractivity contribution in [1.29, 1.82) is 0 Å². The molecule has 0 N–H and O–H groups in total. The number of rotatable bonds is 3. The third kappa shape index (κ3) is 2.25. The molecule has 1 atom stereocenters. The molecule has 0 aromatic rings. The molecular weight excluding hydrogens is 278 g/mol. The largest absolute Gasteiger partial charge is 0.448 e. The van der Waals surface area contributed by atoms with Crippen LogP contribution < -0.4 is 0 Å². The molecule has 0 aromatic heterocycles. The molecule has 3 rings (SSSR count). The summed E-state index contributed by atoms with van der Waals surface area (Å²) in [6.45, 7) is 5.35. The number of carbonyl (C=O) groups excluding carboxylic acids is 2. The highest BCUT2D eigenvalue weighted by Crippen LogP contribution is 2.35. The highest BCUT2D eigenvalue weighted by molar-refractivity contribution is 6.07. The van der Waals surface area contributed by atoms with Crippen LogP contribution in [0.4, 0.5) is 0 Å². The number of hydrogen-bond donors (Lipinski definition) is 0. The van der Waals surface area contributed by atoms with Crippen LogP contribution >= 0.6 is 0 Å². The number of Topliss-reactive ketones (excluding diaryl/α,β-unsaturated/α-hetero) is 1. The zero-order valence-electron chi connectivity index (χ0n) is 12.8. The van der Waals surface area contributed by atoms with Crippen molar-refractivity contribution < 1.29 is 14.3 Å². The van der Waals surface area contributed by atoms with Gasteiger partial charge in [-0.3, -0.25) is 4.79 Å². The highest BCUT2D eigenvalue weighted by atomic mass is 16.5. The summed E-state index contributed by atoms with van der Waals surface area (Å²) in [6, 6.07) is 0. The number of nitrogens with zero attached hydrogens (tertiary/aromatic N) is 1. The van der Waals surface area contributed by atoms with Crippen molar-refractivity contribution in [3.63, 3.8) is 0 Å². The lowest BCUT2D eigenvalue weighted by Crippen LogP contribution is -2.31. The van der Waals surface area contributed by atoms with Crippen LogP contribution in [-0.2, 0) is 14.3 Å². The number of hydrogen-bond acceptors (Lipinski definition) is 4. The number of allylic oxidation sites excluding steroid dienone is 6. The molecule has 0 aromatic carbocycles. The summed E-state index contributed by atoms with van der Waals surface area (Å²) in [4.78, 5) is 27.1. The van der Waals surface area contributed by atoms with Crippen LogP contribution in [0.15, 0.2) is 58.9 Å². The number of ketones is 1. The zero-order valence-corrected chi connectivity index (χ0v) is 12.8. The molecule has 3 aliphatic rings. The van der Waals surface area contributed by atoms with E-state index >= 15 is 0 Å². The molecule has 4 nitrogen and oxygen atoms in total. The highest BCUT2D eigenvalue weighted by Gasteiger charge is 2.35. The second-order valence-corrected chi connectivity index (χ2v) is 5.36. The molecule has 22 heavy (non-hydrogen) atoms. The Morgan fingerprint density at radius 2 is 1.95 bits per heavy atom. The average Bonchev–Trinajstić information content (AvgIpc) is 2.65. The predicted octanol–water partition coefficient (Wildman–Crippen LogP) is 2.46. The van der Waals surface area contributed by atoms with Crippen LogP contribution in [0.2, 0.25) is 0 Å². The Bertz CT molecular complexity index is 672. The van der Waals surface area contributed by atoms with Gasteiger partial charge in [-0.2, -0.15) is 0 Å². The van der Waals surface area contributed by atoms with E-state index in [1.807, 2.05) is 55.2 Å². The fourth-order valence-corrected chi connectivity index (χ4v) is 3.10. The topological polar surface area (TPSA) is 46.6 Å². The fourth-order valence-electron chi connectivity index (χ4n) is 3.10. The van der Waals surface area contributed by atoms with Gasteiger partial charge in [0.25, 0.3) is 0 Å². The molecule has 114 valence electrons. The van der Waals surface area contributed by atoms with Crippen LogP contribution in [0.5, 0.6) is 0 Å². The van der Waals surface area contributed by atoms with E-state index in [0.717, 1.165) is 5.57 Å². The molecule has 0 saturated heterocycles. The second-order valence-electron chi connectivity index (χ2n) is 5.36. The maximum absolute atomic E-state index is 12.6. The lowest BCUT2D eigenvalue weighted by Gasteiger charge is -2.25. The molecule has 0 radical (unpaired) electrons. The minimum Gasteiger partial charge on any atom is -0.448 e. The SMILES string of the molecule is CCN(CC)C1=C2C=CCC(=O)C2=C2C=CC=CC2OC1=O. The number of carbonyl (C=O) groups is 2. The maximum Gasteiger partial charge on any atom is 0.356 e. The Morgan fingerprint density at radius 3 is 2.68 bits per heavy atom. The van der Waals surface area contributed by atoms with Gasteiger partial charge in [0.1, 0.15) is 11.8 Å². The predicted molar refractivity (Wildman–Crippen MR) is 83.9 cm³/mol. The second kappa shape index (κ2) is 5.79. The van der Waals surface area contributed by atoms with Crippen molar-refractivity contribution in [1.82, 2.24) is 4.90 Å². The van der Waals surface area contributed by atoms with Gasteiger partial charge in [0, 0.05) is 36.2 Å². The Kier molecular flexibility index (Phi) is 3.84. The molecule has 1 unspecified atom stereocenters. The van der Waals surface area contributed by atoms with Crippen molar-refractivity contribution in [2.75, 3.05) is 13.1 Å². The lowest BCUT2D eigenvalue weighted by molar-refractivity contribution is -0.142. The smallest absolute Gasteiger partial charge is 0.356 e. The first kappa shape index (κ1) is 14.6. The lowest BCUT2D eigenvalue weighted by atomic mass is 9.86. The fraction of sp³-hybridized carbons (Fsp3) is 0.333. The third-order valence-electron chi connectivity index (χ3n) is 4.17. The molecular formula is C18H19NO3. The van der Waals surface area contributed by atoms with Gasteiger partial charge in [-0.1, -0.05) is 30.4 Å². The molecule has 4 heteroatoms. The van der Waals surface area contributed by atoms with E-state index in [9.17, 15) is 9.59 Å². The summed E-state index contributed by atoms with van der Waals surface area (Å²) in [7, 11) is 0. The van der Waals surface area contributed by atoms with E-state index in [1.165, 1.54) is 0 Å². The standard InChI is InChI=1S/C18H19NO3/c1-3-19(4-2)17-13-9-7-10-14(20)16(13)12-8-5-6-11-15(12)22-18(17)21/h5-9,11,15H,3-4,10H2,1-2H3. The van der Waals surface area contributed by atoms with E-state index in [-0.39, 0.29) is 11.8 Å². The normalized spacial score (nSPS) is 23.3. The van der Waals surface area contributed by atoms with Crippen molar-refractivity contribution in [2.45, 2.75) is 26.4 Å². The van der Waals surface area contributed by atoms with Crippen LogP contribution in [0.3, 0.4) is 0 Å². The molecule has 1 aliphatic heterocycles. The van der Waals surface area contributed by atoms with Gasteiger partial charge in [-0.25, -0.2) is 4.79 Å². The van der Waals surface area contributed by atoms with Crippen molar-refractivity contribution in [3.8, 4) is 0 Å². The molecule has 0 amide bonds. The number of ether oxygens (including phenoxy) is 1. The minimum absolute atomic E-state index is 0.0420. The first-order valence-corrected chi connectivity index (χ1v) is 7.66. The third-order valence-corrected chi connectivity index (χ3v) is 4.17. The first-order valence-electron chi connectivity index (χ1n) is 7.66. The van der Waals surface area contributed by atoms with Gasteiger partial charge in [-0.05, 0) is 19.9 Å². The van der Waals surface area contributed by atoms with Gasteiger partial charge >= 0.3 is 5.97 Å². The summed E-state index contributed by atoms with van der Waals surface area (Å²) >= 11 is 0. The van der Waals surface area contributed by atoms with E-state index in [0.29, 0.717) is 36.4 Å². The molecule has 0 fully saturated rings. The molecule has 1 heterocycles. The number of esters is 1. The monoisotopic (exact) mass is 297 g/mol. The zero-order chi connectivity index (χ0) is 15.7. The minimum atomic E-state index is -0.481. The number of fused-ring (bicyclic) bond motifs is 2. The summed E-state index contributed by atoms with van der Waals surface area (Å²) in [6.07, 6.45) is 11.0. The van der Waals surface area contributed by atoms with Gasteiger partial charge in [-0.15, -0.1) is 0 Å². The maximum atomic E-state index is 12.6. The first-order chi connectivity index (χ1) is 10.7. The summed E-state index contributed by atoms with van der Waals surface area (Å²) in [5.41, 5.74) is 2.60. The molecule has 0 bridgehead atoms. The van der Waals surface area contributed by atoms with E-state index in [4.69, 9.17) is 4.74 Å². The summed E-state index contributed by atoms with van der Waals surface area (Å²) < 4.78 is 5.63. The summed E-state index contributed by atoms with van der Waals surface area (Å²) in [5, 5.41) is 0. The molecule has 2 aliphatic carbocycles. The Hall–Kier alpha value is -2.36.